The Morgan fingerprint density at radius 3 is 2.32 bits per heavy atom. The lowest BCUT2D eigenvalue weighted by Crippen LogP contribution is -2.51. The molecule has 1 aliphatic rings. The van der Waals surface area contributed by atoms with Gasteiger partial charge < -0.3 is 24.4 Å². The van der Waals surface area contributed by atoms with E-state index in [1.165, 1.54) is 23.1 Å². The van der Waals surface area contributed by atoms with Crippen LogP contribution in [0.5, 0.6) is 11.5 Å². The molecule has 12 heteroatoms. The van der Waals surface area contributed by atoms with Gasteiger partial charge in [-0.1, -0.05) is 56.1 Å². The minimum absolute atomic E-state index is 0.0524. The average Bonchev–Trinajstić information content (AvgIpc) is 3.00. The van der Waals surface area contributed by atoms with Gasteiger partial charge in [-0.25, -0.2) is 14.4 Å². The Bertz CT molecular complexity index is 1420. The highest BCUT2D eigenvalue weighted by molar-refractivity contribution is 6.35. The minimum Gasteiger partial charge on any atom is -0.504 e. The molecule has 10 nitrogen and oxygen atoms in total. The topological polar surface area (TPSA) is 117 Å². The Labute approximate surface area is 287 Å². The summed E-state index contributed by atoms with van der Waals surface area (Å²) < 4.78 is 10.9. The van der Waals surface area contributed by atoms with Crippen molar-refractivity contribution in [3.05, 3.63) is 57.6 Å². The van der Waals surface area contributed by atoms with Crippen LogP contribution in [0.25, 0.3) is 0 Å². The number of amides is 4. The number of para-hydroxylation sites is 1. The summed E-state index contributed by atoms with van der Waals surface area (Å²) >= 11 is 12.1. The summed E-state index contributed by atoms with van der Waals surface area (Å²) in [5.74, 6) is -1.41. The number of carbonyl (C=O) groups excluding carboxylic acids is 4. The number of halogens is 2. The Hall–Kier alpha value is -3.50. The molecule has 0 bridgehead atoms. The third-order valence-corrected chi connectivity index (χ3v) is 8.34. The summed E-state index contributed by atoms with van der Waals surface area (Å²) in [7, 11) is 0. The predicted molar refractivity (Wildman–Crippen MR) is 182 cm³/mol. The van der Waals surface area contributed by atoms with Gasteiger partial charge >= 0.3 is 18.1 Å². The molecule has 4 amide bonds. The molecule has 1 N–H and O–H groups in total. The zero-order valence-corrected chi connectivity index (χ0v) is 29.7. The van der Waals surface area contributed by atoms with Gasteiger partial charge in [-0.05, 0) is 88.6 Å². The van der Waals surface area contributed by atoms with Crippen LogP contribution in [0.4, 0.5) is 9.59 Å². The van der Waals surface area contributed by atoms with Crippen LogP contribution in [0, 0.1) is 11.8 Å². The van der Waals surface area contributed by atoms with Crippen molar-refractivity contribution in [1.29, 1.82) is 0 Å². The molecular weight excluding hydrogens is 645 g/mol. The second kappa shape index (κ2) is 17.1. The van der Waals surface area contributed by atoms with E-state index in [4.69, 9.17) is 32.7 Å². The van der Waals surface area contributed by atoms with Crippen molar-refractivity contribution in [3.8, 4) is 11.5 Å². The highest BCUT2D eigenvalue weighted by Crippen LogP contribution is 2.32. The van der Waals surface area contributed by atoms with Crippen LogP contribution in [0.1, 0.15) is 83.1 Å². The van der Waals surface area contributed by atoms with E-state index in [9.17, 15) is 24.3 Å². The lowest BCUT2D eigenvalue weighted by Gasteiger charge is -2.36. The number of aromatic hydroxyl groups is 1. The third kappa shape index (κ3) is 11.0. The molecule has 258 valence electrons. The number of urea groups is 1. The molecule has 2 aromatic rings. The first kappa shape index (κ1) is 38.0. The molecule has 0 aliphatic carbocycles. The van der Waals surface area contributed by atoms with Crippen molar-refractivity contribution < 1.29 is 33.8 Å². The normalized spacial score (nSPS) is 13.8. The average molecular weight is 693 g/mol. The zero-order chi connectivity index (χ0) is 34.9. The maximum absolute atomic E-state index is 14.0. The molecular formula is C35H47Cl2N3O7. The van der Waals surface area contributed by atoms with Crippen molar-refractivity contribution in [1.82, 2.24) is 14.7 Å². The molecule has 0 atom stereocenters. The van der Waals surface area contributed by atoms with Crippen LogP contribution in [-0.2, 0) is 16.0 Å². The fourth-order valence-corrected chi connectivity index (χ4v) is 5.57. The monoisotopic (exact) mass is 691 g/mol. The molecule has 1 saturated heterocycles. The highest BCUT2D eigenvalue weighted by Gasteiger charge is 2.35. The number of hydrogen-bond donors (Lipinski definition) is 1. The van der Waals surface area contributed by atoms with Gasteiger partial charge in [-0.15, -0.1) is 0 Å². The van der Waals surface area contributed by atoms with Crippen LogP contribution in [0.2, 0.25) is 10.0 Å². The van der Waals surface area contributed by atoms with Crippen molar-refractivity contribution >= 4 is 47.2 Å². The standard InChI is InChI=1S/C35H47Cl2N3O7/c1-7-17-38(18-14-24-9-8-10-29(30(24)41)46-32(43)27-22-26(36)11-12-28(27)37)33(44)40(21-13-23(2)3)31(42)25-15-19-39(20-16-25)34(45)47-35(4,5)6/h8-12,22-23,25,41H,7,13-21H2,1-6H3. The van der Waals surface area contributed by atoms with Gasteiger partial charge in [-0.2, -0.15) is 0 Å². The van der Waals surface area contributed by atoms with Gasteiger partial charge in [0, 0.05) is 43.7 Å². The fourth-order valence-electron chi connectivity index (χ4n) is 5.20. The van der Waals surface area contributed by atoms with E-state index in [-0.39, 0.29) is 59.5 Å². The molecule has 47 heavy (non-hydrogen) atoms. The first-order chi connectivity index (χ1) is 22.1. The lowest BCUT2D eigenvalue weighted by molar-refractivity contribution is -0.134. The van der Waals surface area contributed by atoms with E-state index in [0.717, 1.165) is 0 Å². The maximum atomic E-state index is 14.0. The van der Waals surface area contributed by atoms with Gasteiger partial charge in [0.25, 0.3) is 0 Å². The molecule has 0 radical (unpaired) electrons. The van der Waals surface area contributed by atoms with Gasteiger partial charge in [0.2, 0.25) is 5.91 Å². The van der Waals surface area contributed by atoms with E-state index in [1.807, 2.05) is 41.5 Å². The third-order valence-electron chi connectivity index (χ3n) is 7.77. The summed E-state index contributed by atoms with van der Waals surface area (Å²) in [6.07, 6.45) is 2.05. The van der Waals surface area contributed by atoms with Gasteiger partial charge in [0.05, 0.1) is 10.6 Å². The second-order valence-corrected chi connectivity index (χ2v) is 14.1. The molecule has 1 aliphatic heterocycles. The van der Waals surface area contributed by atoms with Gasteiger partial charge in [-0.3, -0.25) is 9.69 Å². The van der Waals surface area contributed by atoms with Gasteiger partial charge in [0.1, 0.15) is 5.60 Å². The molecule has 2 aromatic carbocycles. The van der Waals surface area contributed by atoms with Crippen molar-refractivity contribution in [2.75, 3.05) is 32.7 Å². The number of likely N-dealkylation sites (tertiary alicyclic amines) is 1. The first-order valence-electron chi connectivity index (χ1n) is 16.2. The van der Waals surface area contributed by atoms with E-state index in [2.05, 4.69) is 0 Å². The summed E-state index contributed by atoms with van der Waals surface area (Å²) in [5.41, 5.74) is -0.0817. The quantitative estimate of drug-likeness (QED) is 0.189. The Morgan fingerprint density at radius 1 is 1.02 bits per heavy atom. The highest BCUT2D eigenvalue weighted by atomic mass is 35.5. The van der Waals surface area contributed by atoms with Crippen LogP contribution in [0.3, 0.4) is 0 Å². The Kier molecular flexibility index (Phi) is 13.8. The molecule has 0 unspecified atom stereocenters. The molecule has 3 rings (SSSR count). The van der Waals surface area contributed by atoms with Crippen molar-refractivity contribution in [2.24, 2.45) is 11.8 Å². The van der Waals surface area contributed by atoms with Crippen LogP contribution < -0.4 is 4.74 Å². The number of phenols is 1. The minimum atomic E-state index is -0.774. The fraction of sp³-hybridized carbons (Fsp3) is 0.543. The molecule has 0 saturated carbocycles. The number of piperidine rings is 1. The summed E-state index contributed by atoms with van der Waals surface area (Å²) in [6, 6.07) is 8.83. The molecule has 1 heterocycles. The summed E-state index contributed by atoms with van der Waals surface area (Å²) in [6.45, 7) is 13.1. The smallest absolute Gasteiger partial charge is 0.410 e. The van der Waals surface area contributed by atoms with Crippen LogP contribution >= 0.6 is 23.2 Å². The Morgan fingerprint density at radius 2 is 1.70 bits per heavy atom. The molecule has 0 spiro atoms. The van der Waals surface area contributed by atoms with Gasteiger partial charge in [0.15, 0.2) is 11.5 Å². The first-order valence-corrected chi connectivity index (χ1v) is 16.9. The van der Waals surface area contributed by atoms with E-state index in [1.54, 1.807) is 28.0 Å². The second-order valence-electron chi connectivity index (χ2n) is 13.2. The summed E-state index contributed by atoms with van der Waals surface area (Å²) in [4.78, 5) is 57.7. The van der Waals surface area contributed by atoms with Crippen LogP contribution in [-0.4, -0.2) is 82.1 Å². The predicted octanol–water partition coefficient (Wildman–Crippen LogP) is 7.81. The van der Waals surface area contributed by atoms with E-state index >= 15 is 0 Å². The van der Waals surface area contributed by atoms with Crippen molar-refractivity contribution in [2.45, 2.75) is 79.2 Å². The SMILES string of the molecule is CCCN(CCc1cccc(OC(=O)c2cc(Cl)ccc2Cl)c1O)C(=O)N(CCC(C)C)C(=O)C1CCN(C(=O)OC(C)(C)C)CC1. The van der Waals surface area contributed by atoms with Crippen LogP contribution in [0.15, 0.2) is 36.4 Å². The number of imide groups is 1. The number of benzene rings is 2. The van der Waals surface area contributed by atoms with E-state index < -0.39 is 23.6 Å². The zero-order valence-electron chi connectivity index (χ0n) is 28.2. The number of hydrogen-bond acceptors (Lipinski definition) is 7. The number of esters is 1. The van der Waals surface area contributed by atoms with Crippen molar-refractivity contribution in [3.63, 3.8) is 0 Å². The molecule has 0 aromatic heterocycles. The number of nitrogens with zero attached hydrogens (tertiary/aromatic N) is 3. The number of ether oxygens (including phenoxy) is 2. The Balaban J connectivity index is 1.72. The number of phenolic OH excluding ortho intramolecular Hbond substituents is 1. The van der Waals surface area contributed by atoms with E-state index in [0.29, 0.717) is 55.9 Å². The lowest BCUT2D eigenvalue weighted by atomic mass is 9.95. The number of rotatable bonds is 11. The summed E-state index contributed by atoms with van der Waals surface area (Å²) in [5, 5.41) is 11.5. The maximum Gasteiger partial charge on any atom is 0.410 e. The number of carbonyl (C=O) groups is 4. The molecule has 1 fully saturated rings. The largest absolute Gasteiger partial charge is 0.504 e.